The van der Waals surface area contributed by atoms with E-state index in [0.717, 1.165) is 21.0 Å². The molecular formula is C16H13F3N2O2S. The normalized spacial score (nSPS) is 13.3. The van der Waals surface area contributed by atoms with E-state index in [1.807, 2.05) is 36.4 Å². The molecule has 1 heterocycles. The van der Waals surface area contributed by atoms with Crippen LogP contribution in [0.4, 0.5) is 18.3 Å². The highest BCUT2D eigenvalue weighted by Crippen LogP contribution is 2.31. The molecule has 0 aliphatic heterocycles. The number of nitrogens with one attached hydrogen (secondary N) is 1. The number of carbonyl (C=O) groups is 1. The van der Waals surface area contributed by atoms with Crippen LogP contribution in [0.3, 0.4) is 0 Å². The number of thiazole rings is 1. The number of aromatic nitrogens is 1. The van der Waals surface area contributed by atoms with Crippen molar-refractivity contribution >= 4 is 43.4 Å². The van der Waals surface area contributed by atoms with Crippen LogP contribution >= 0.6 is 11.3 Å². The highest BCUT2D eigenvalue weighted by Gasteiger charge is 2.30. The zero-order valence-electron chi connectivity index (χ0n) is 12.6. The van der Waals surface area contributed by atoms with Crippen molar-refractivity contribution in [2.24, 2.45) is 0 Å². The number of rotatable bonds is 4. The third kappa shape index (κ3) is 3.65. The molecule has 1 N–H and O–H groups in total. The fourth-order valence-corrected chi connectivity index (χ4v) is 3.10. The molecule has 0 saturated carbocycles. The van der Waals surface area contributed by atoms with E-state index in [0.29, 0.717) is 5.13 Å². The monoisotopic (exact) mass is 354 g/mol. The van der Waals surface area contributed by atoms with E-state index in [1.54, 1.807) is 0 Å². The first-order chi connectivity index (χ1) is 11.3. The first kappa shape index (κ1) is 16.7. The lowest BCUT2D eigenvalue weighted by molar-refractivity contribution is -0.184. The molecule has 126 valence electrons. The van der Waals surface area contributed by atoms with Crippen molar-refractivity contribution in [3.8, 4) is 0 Å². The molecule has 24 heavy (non-hydrogen) atoms. The molecule has 0 aliphatic carbocycles. The molecule has 3 aromatic rings. The number of ether oxygens (including phenoxy) is 1. The number of nitrogens with zero attached hydrogens (tertiary/aromatic N) is 1. The van der Waals surface area contributed by atoms with E-state index in [1.165, 1.54) is 18.3 Å². The molecule has 1 aromatic heterocycles. The van der Waals surface area contributed by atoms with Gasteiger partial charge in [0.15, 0.2) is 5.13 Å². The SMILES string of the molecule is C[C@H](OCC(F)(F)F)C(=O)Nc1nc2c(ccc3ccccc32)s1. The quantitative estimate of drug-likeness (QED) is 0.758. The van der Waals surface area contributed by atoms with Crippen molar-refractivity contribution in [1.29, 1.82) is 0 Å². The zero-order chi connectivity index (χ0) is 17.3. The van der Waals surface area contributed by atoms with Gasteiger partial charge in [-0.25, -0.2) is 4.98 Å². The van der Waals surface area contributed by atoms with Crippen molar-refractivity contribution in [2.45, 2.75) is 19.2 Å². The molecule has 0 saturated heterocycles. The van der Waals surface area contributed by atoms with Crippen LogP contribution < -0.4 is 5.32 Å². The Morgan fingerprint density at radius 3 is 2.79 bits per heavy atom. The summed E-state index contributed by atoms with van der Waals surface area (Å²) in [5.41, 5.74) is 0.747. The summed E-state index contributed by atoms with van der Waals surface area (Å²) < 4.78 is 41.8. The van der Waals surface area contributed by atoms with Crippen molar-refractivity contribution in [3.63, 3.8) is 0 Å². The van der Waals surface area contributed by atoms with E-state index < -0.39 is 24.8 Å². The fraction of sp³-hybridized carbons (Fsp3) is 0.250. The van der Waals surface area contributed by atoms with E-state index in [-0.39, 0.29) is 0 Å². The Kier molecular flexibility index (Phi) is 4.42. The average Bonchev–Trinajstić information content (AvgIpc) is 2.94. The Morgan fingerprint density at radius 1 is 1.29 bits per heavy atom. The number of hydrogen-bond donors (Lipinski definition) is 1. The second-order valence-corrected chi connectivity index (χ2v) is 6.24. The minimum atomic E-state index is -4.47. The number of halogens is 3. The Morgan fingerprint density at radius 2 is 2.04 bits per heavy atom. The second kappa shape index (κ2) is 6.37. The summed E-state index contributed by atoms with van der Waals surface area (Å²) in [6.45, 7) is -0.199. The zero-order valence-corrected chi connectivity index (χ0v) is 13.4. The minimum absolute atomic E-state index is 0.328. The van der Waals surface area contributed by atoms with Gasteiger partial charge in [0.25, 0.3) is 5.91 Å². The average molecular weight is 354 g/mol. The summed E-state index contributed by atoms with van der Waals surface area (Å²) >= 11 is 1.26. The molecule has 2 aromatic carbocycles. The van der Waals surface area contributed by atoms with Crippen LogP contribution in [-0.4, -0.2) is 29.8 Å². The van der Waals surface area contributed by atoms with Gasteiger partial charge in [0.2, 0.25) is 0 Å². The van der Waals surface area contributed by atoms with Crippen LogP contribution in [0.5, 0.6) is 0 Å². The van der Waals surface area contributed by atoms with Gasteiger partial charge in [-0.05, 0) is 18.4 Å². The summed E-state index contributed by atoms with van der Waals surface area (Å²) in [5, 5.41) is 4.81. The van der Waals surface area contributed by atoms with Gasteiger partial charge in [-0.15, -0.1) is 0 Å². The van der Waals surface area contributed by atoms with Crippen molar-refractivity contribution in [2.75, 3.05) is 11.9 Å². The molecule has 0 unspecified atom stereocenters. The van der Waals surface area contributed by atoms with Gasteiger partial charge in [0.05, 0.1) is 10.2 Å². The van der Waals surface area contributed by atoms with Crippen LogP contribution in [0, 0.1) is 0 Å². The minimum Gasteiger partial charge on any atom is -0.359 e. The number of carbonyl (C=O) groups excluding carboxylic acids is 1. The number of alkyl halides is 3. The lowest BCUT2D eigenvalue weighted by atomic mass is 10.1. The lowest BCUT2D eigenvalue weighted by Crippen LogP contribution is -2.31. The largest absolute Gasteiger partial charge is 0.411 e. The Balaban J connectivity index is 1.78. The highest BCUT2D eigenvalue weighted by atomic mass is 32.1. The molecule has 3 rings (SSSR count). The topological polar surface area (TPSA) is 51.2 Å². The van der Waals surface area contributed by atoms with Crippen LogP contribution in [0.15, 0.2) is 36.4 Å². The van der Waals surface area contributed by atoms with Gasteiger partial charge in [-0.3, -0.25) is 10.1 Å². The molecule has 0 spiro atoms. The molecule has 0 aliphatic rings. The van der Waals surface area contributed by atoms with E-state index in [9.17, 15) is 18.0 Å². The smallest absolute Gasteiger partial charge is 0.359 e. The maximum atomic E-state index is 12.1. The van der Waals surface area contributed by atoms with E-state index in [4.69, 9.17) is 0 Å². The second-order valence-electron chi connectivity index (χ2n) is 5.21. The maximum absolute atomic E-state index is 12.1. The molecule has 1 atom stereocenters. The van der Waals surface area contributed by atoms with Gasteiger partial charge >= 0.3 is 6.18 Å². The third-order valence-corrected chi connectivity index (χ3v) is 4.32. The molecular weight excluding hydrogens is 341 g/mol. The molecule has 0 radical (unpaired) electrons. The number of fused-ring (bicyclic) bond motifs is 3. The summed E-state index contributed by atoms with van der Waals surface area (Å²) in [5.74, 6) is -0.664. The summed E-state index contributed by atoms with van der Waals surface area (Å²) in [6.07, 6.45) is -5.70. The van der Waals surface area contributed by atoms with E-state index in [2.05, 4.69) is 15.0 Å². The number of amides is 1. The Labute approximate surface area is 139 Å². The number of benzene rings is 2. The van der Waals surface area contributed by atoms with Crippen molar-refractivity contribution in [1.82, 2.24) is 4.98 Å². The third-order valence-electron chi connectivity index (χ3n) is 3.38. The standard InChI is InChI=1S/C16H13F3N2O2S/c1-9(23-8-16(17,18)19)14(22)21-15-20-13-11-5-3-2-4-10(11)6-7-12(13)24-15/h2-7,9H,8H2,1H3,(H,20,21,22)/t9-/m0/s1. The summed E-state index contributed by atoms with van der Waals surface area (Å²) in [7, 11) is 0. The van der Waals surface area contributed by atoms with Crippen LogP contribution in [-0.2, 0) is 9.53 Å². The van der Waals surface area contributed by atoms with Gasteiger partial charge in [0.1, 0.15) is 12.7 Å². The van der Waals surface area contributed by atoms with Gasteiger partial charge in [-0.1, -0.05) is 41.7 Å². The van der Waals surface area contributed by atoms with Gasteiger partial charge in [0, 0.05) is 5.39 Å². The lowest BCUT2D eigenvalue weighted by Gasteiger charge is -2.13. The Hall–Kier alpha value is -2.19. The maximum Gasteiger partial charge on any atom is 0.411 e. The van der Waals surface area contributed by atoms with Crippen molar-refractivity contribution < 1.29 is 22.7 Å². The molecule has 1 amide bonds. The predicted octanol–water partition coefficient (Wildman–Crippen LogP) is 4.36. The predicted molar refractivity (Wildman–Crippen MR) is 87.2 cm³/mol. The fourth-order valence-electron chi connectivity index (χ4n) is 2.22. The van der Waals surface area contributed by atoms with E-state index >= 15 is 0 Å². The van der Waals surface area contributed by atoms with Crippen LogP contribution in [0.25, 0.3) is 21.0 Å². The first-order valence-corrected chi connectivity index (χ1v) is 7.93. The molecule has 0 fully saturated rings. The Bertz CT molecular complexity index is 892. The van der Waals surface area contributed by atoms with Crippen LogP contribution in [0.2, 0.25) is 0 Å². The number of hydrogen-bond acceptors (Lipinski definition) is 4. The number of anilines is 1. The van der Waals surface area contributed by atoms with Crippen molar-refractivity contribution in [3.05, 3.63) is 36.4 Å². The summed E-state index contributed by atoms with van der Waals surface area (Å²) in [4.78, 5) is 16.3. The molecule has 4 nitrogen and oxygen atoms in total. The first-order valence-electron chi connectivity index (χ1n) is 7.11. The van der Waals surface area contributed by atoms with Gasteiger partial charge < -0.3 is 4.74 Å². The van der Waals surface area contributed by atoms with Gasteiger partial charge in [-0.2, -0.15) is 13.2 Å². The van der Waals surface area contributed by atoms with Crippen LogP contribution in [0.1, 0.15) is 6.92 Å². The summed E-state index contributed by atoms with van der Waals surface area (Å²) in [6, 6.07) is 11.6. The highest BCUT2D eigenvalue weighted by molar-refractivity contribution is 7.22. The molecule has 8 heteroatoms. The molecule has 0 bridgehead atoms.